The van der Waals surface area contributed by atoms with Crippen LogP contribution in [-0.2, 0) is 15.7 Å². The van der Waals surface area contributed by atoms with Crippen LogP contribution in [0.15, 0.2) is 30.7 Å². The van der Waals surface area contributed by atoms with Crippen molar-refractivity contribution in [2.45, 2.75) is 31.5 Å². The maximum absolute atomic E-state index is 12.8. The number of aromatic nitrogens is 5. The molecule has 3 aliphatic heterocycles. The summed E-state index contributed by atoms with van der Waals surface area (Å²) in [4.78, 5) is 29.3. The fourth-order valence-electron chi connectivity index (χ4n) is 4.98. The number of nitrogens with zero attached hydrogens (tertiary/aromatic N) is 7. The molecule has 12 heteroatoms. The number of hydrogen-bond donors (Lipinski definition) is 0. The van der Waals surface area contributed by atoms with E-state index >= 15 is 0 Å². The Kier molecular flexibility index (Phi) is 4.77. The number of amides is 1. The molecule has 0 unspecified atom stereocenters. The highest BCUT2D eigenvalue weighted by molar-refractivity contribution is 5.96. The molecule has 1 amide bonds. The van der Waals surface area contributed by atoms with Gasteiger partial charge in [0.2, 0.25) is 5.91 Å². The molecule has 3 aromatic heterocycles. The molecule has 3 saturated heterocycles. The Morgan fingerprint density at radius 1 is 1.06 bits per heavy atom. The summed E-state index contributed by atoms with van der Waals surface area (Å²) in [6.45, 7) is 3.15. The smallest absolute Gasteiger partial charge is 0.377 e. The van der Waals surface area contributed by atoms with E-state index in [2.05, 4.69) is 20.0 Å². The first-order chi connectivity index (χ1) is 16.3. The Labute approximate surface area is 192 Å². The first kappa shape index (κ1) is 21.3. The quantitative estimate of drug-likeness (QED) is 0.578. The highest BCUT2D eigenvalue weighted by Crippen LogP contribution is 2.43. The second-order valence-electron chi connectivity index (χ2n) is 9.26. The lowest BCUT2D eigenvalue weighted by atomic mass is 9.77. The van der Waals surface area contributed by atoms with Crippen LogP contribution in [0.3, 0.4) is 0 Å². The van der Waals surface area contributed by atoms with E-state index in [4.69, 9.17) is 9.72 Å². The maximum Gasteiger partial charge on any atom is 0.433 e. The molecule has 3 fully saturated rings. The Balaban J connectivity index is 1.15. The van der Waals surface area contributed by atoms with Crippen molar-refractivity contribution in [2.75, 3.05) is 42.6 Å². The molecule has 34 heavy (non-hydrogen) atoms. The molecule has 0 bridgehead atoms. The number of anilines is 2. The first-order valence-electron chi connectivity index (χ1n) is 11.2. The van der Waals surface area contributed by atoms with Gasteiger partial charge in [0.1, 0.15) is 23.1 Å². The summed E-state index contributed by atoms with van der Waals surface area (Å²) in [6.07, 6.45) is 2.03. The van der Waals surface area contributed by atoms with Gasteiger partial charge in [-0.2, -0.15) is 18.3 Å². The summed E-state index contributed by atoms with van der Waals surface area (Å²) in [7, 11) is 0. The van der Waals surface area contributed by atoms with Crippen molar-refractivity contribution in [3.05, 3.63) is 36.4 Å². The predicted molar refractivity (Wildman–Crippen MR) is 115 cm³/mol. The van der Waals surface area contributed by atoms with Crippen molar-refractivity contribution in [1.29, 1.82) is 0 Å². The third-order valence-corrected chi connectivity index (χ3v) is 7.08. The van der Waals surface area contributed by atoms with E-state index in [1.165, 1.54) is 6.07 Å². The highest BCUT2D eigenvalue weighted by Gasteiger charge is 2.46. The van der Waals surface area contributed by atoms with Crippen LogP contribution in [0.5, 0.6) is 0 Å². The van der Waals surface area contributed by atoms with Gasteiger partial charge in [-0.05, 0) is 25.0 Å². The fourth-order valence-corrected chi connectivity index (χ4v) is 4.98. The van der Waals surface area contributed by atoms with Gasteiger partial charge in [0, 0.05) is 31.5 Å². The normalized spacial score (nSPS) is 21.0. The molecule has 3 aliphatic rings. The van der Waals surface area contributed by atoms with Crippen LogP contribution < -0.4 is 9.80 Å². The zero-order valence-corrected chi connectivity index (χ0v) is 18.2. The lowest BCUT2D eigenvalue weighted by Gasteiger charge is -2.39. The number of rotatable bonds is 3. The Morgan fingerprint density at radius 3 is 2.50 bits per heavy atom. The monoisotopic (exact) mass is 473 g/mol. The van der Waals surface area contributed by atoms with Crippen LogP contribution in [0.2, 0.25) is 0 Å². The molecule has 3 aromatic rings. The van der Waals surface area contributed by atoms with Gasteiger partial charge in [-0.15, -0.1) is 0 Å². The zero-order chi connectivity index (χ0) is 23.5. The molecule has 6 rings (SSSR count). The van der Waals surface area contributed by atoms with Crippen molar-refractivity contribution in [1.82, 2.24) is 24.7 Å². The van der Waals surface area contributed by atoms with Crippen LogP contribution in [0.4, 0.5) is 24.7 Å². The summed E-state index contributed by atoms with van der Waals surface area (Å²) >= 11 is 0. The minimum atomic E-state index is -4.50. The van der Waals surface area contributed by atoms with Crippen LogP contribution in [0.1, 0.15) is 31.0 Å². The molecule has 0 aromatic carbocycles. The van der Waals surface area contributed by atoms with Gasteiger partial charge in [0.25, 0.3) is 0 Å². The van der Waals surface area contributed by atoms with E-state index in [1.54, 1.807) is 17.3 Å². The van der Waals surface area contributed by atoms with E-state index in [0.29, 0.717) is 45.0 Å². The number of ether oxygens (including phenoxy) is 1. The van der Waals surface area contributed by atoms with Gasteiger partial charge in [-0.3, -0.25) is 4.79 Å². The van der Waals surface area contributed by atoms with Crippen molar-refractivity contribution in [2.24, 2.45) is 5.41 Å². The zero-order valence-electron chi connectivity index (χ0n) is 18.2. The van der Waals surface area contributed by atoms with Crippen LogP contribution in [0, 0.1) is 5.41 Å². The van der Waals surface area contributed by atoms with E-state index in [-0.39, 0.29) is 17.4 Å². The van der Waals surface area contributed by atoms with Gasteiger partial charge in [0.15, 0.2) is 5.65 Å². The summed E-state index contributed by atoms with van der Waals surface area (Å²) in [6, 6.07) is 2.43. The minimum absolute atomic E-state index is 0.0807. The molecule has 0 aliphatic carbocycles. The lowest BCUT2D eigenvalue weighted by Crippen LogP contribution is -2.42. The Morgan fingerprint density at radius 2 is 1.85 bits per heavy atom. The molecular formula is C22H22F3N7O2. The average molecular weight is 473 g/mol. The van der Waals surface area contributed by atoms with Crippen molar-refractivity contribution < 1.29 is 22.7 Å². The third-order valence-electron chi connectivity index (χ3n) is 7.08. The molecule has 1 spiro atoms. The first-order valence-corrected chi connectivity index (χ1v) is 11.2. The Hall–Kier alpha value is -3.28. The van der Waals surface area contributed by atoms with E-state index in [9.17, 15) is 18.0 Å². The van der Waals surface area contributed by atoms with E-state index in [0.717, 1.165) is 42.1 Å². The van der Waals surface area contributed by atoms with Gasteiger partial charge in [-0.1, -0.05) is 0 Å². The number of piperidine rings is 1. The molecular weight excluding hydrogens is 451 g/mol. The van der Waals surface area contributed by atoms with Gasteiger partial charge in [-0.25, -0.2) is 19.6 Å². The number of hydrogen-bond acceptors (Lipinski definition) is 7. The molecule has 0 radical (unpaired) electrons. The maximum atomic E-state index is 12.8. The largest absolute Gasteiger partial charge is 0.433 e. The fraction of sp³-hybridized carbons (Fsp3) is 0.500. The summed E-state index contributed by atoms with van der Waals surface area (Å²) < 4.78 is 45.6. The number of halogens is 3. The van der Waals surface area contributed by atoms with Crippen LogP contribution >= 0.6 is 0 Å². The van der Waals surface area contributed by atoms with Gasteiger partial charge < -0.3 is 14.5 Å². The number of pyridine rings is 1. The SMILES string of the molecule is O=C1CC2(CCN(c3cnc4cnn(C5COC5)c4n3)CC2)CN1c1ccc(C(F)(F)F)nc1. The van der Waals surface area contributed by atoms with Crippen molar-refractivity contribution >= 4 is 28.6 Å². The summed E-state index contributed by atoms with van der Waals surface area (Å²) in [5.41, 5.74) is 0.713. The summed E-state index contributed by atoms with van der Waals surface area (Å²) in [5, 5.41) is 4.41. The van der Waals surface area contributed by atoms with Crippen molar-refractivity contribution in [3.63, 3.8) is 0 Å². The molecule has 9 nitrogen and oxygen atoms in total. The lowest BCUT2D eigenvalue weighted by molar-refractivity contribution is -0.141. The molecule has 0 N–H and O–H groups in total. The van der Waals surface area contributed by atoms with Gasteiger partial charge in [0.05, 0.1) is 37.5 Å². The predicted octanol–water partition coefficient (Wildman–Crippen LogP) is 2.83. The van der Waals surface area contributed by atoms with Gasteiger partial charge >= 0.3 is 6.18 Å². The topological polar surface area (TPSA) is 89.3 Å². The molecule has 178 valence electrons. The minimum Gasteiger partial charge on any atom is -0.377 e. The highest BCUT2D eigenvalue weighted by atomic mass is 19.4. The average Bonchev–Trinajstić information content (AvgIpc) is 3.33. The molecule has 0 saturated carbocycles. The van der Waals surface area contributed by atoms with E-state index in [1.807, 2.05) is 4.68 Å². The van der Waals surface area contributed by atoms with Crippen LogP contribution in [0.25, 0.3) is 11.2 Å². The third kappa shape index (κ3) is 3.56. The number of carbonyl (C=O) groups is 1. The standard InChI is InChI=1S/C22H22F3N7O2/c23-22(24,25)17-2-1-14(8-27-17)31-13-21(7-19(31)33)3-5-30(6-4-21)18-10-26-16-9-28-32(20(16)29-18)15-11-34-12-15/h1-2,8-10,15H,3-7,11-13H2. The number of alkyl halides is 3. The van der Waals surface area contributed by atoms with E-state index < -0.39 is 11.9 Å². The number of fused-ring (bicyclic) bond motifs is 1. The summed E-state index contributed by atoms with van der Waals surface area (Å²) in [5.74, 6) is 0.695. The Bertz CT molecular complexity index is 1230. The number of carbonyl (C=O) groups excluding carboxylic acids is 1. The van der Waals surface area contributed by atoms with Crippen LogP contribution in [-0.4, -0.2) is 63.5 Å². The second kappa shape index (κ2) is 7.62. The molecule has 0 atom stereocenters. The second-order valence-corrected chi connectivity index (χ2v) is 9.26. The van der Waals surface area contributed by atoms with Crippen molar-refractivity contribution in [3.8, 4) is 0 Å². The molecule has 6 heterocycles.